The third-order valence-corrected chi connectivity index (χ3v) is 11.1. The lowest BCUT2D eigenvalue weighted by Crippen LogP contribution is -2.11. The van der Waals surface area contributed by atoms with Crippen LogP contribution in [0.1, 0.15) is 0 Å². The summed E-state index contributed by atoms with van der Waals surface area (Å²) in [5.41, 5.74) is 12.7. The molecule has 55 heavy (non-hydrogen) atoms. The Kier molecular flexibility index (Phi) is 7.17. The molecular formula is C52H35N3. The van der Waals surface area contributed by atoms with Gasteiger partial charge < -0.3 is 14.0 Å². The molecule has 0 amide bonds. The summed E-state index contributed by atoms with van der Waals surface area (Å²) in [6, 6.07) is 77.0. The van der Waals surface area contributed by atoms with Crippen molar-refractivity contribution >= 4 is 71.4 Å². The fourth-order valence-corrected chi connectivity index (χ4v) is 8.58. The van der Waals surface area contributed by atoms with Gasteiger partial charge >= 0.3 is 0 Å². The van der Waals surface area contributed by atoms with Gasteiger partial charge in [0.25, 0.3) is 0 Å². The first-order chi connectivity index (χ1) is 27.3. The number of benzene rings is 9. The summed E-state index contributed by atoms with van der Waals surface area (Å²) in [5, 5.41) is 7.38. The number of hydrogen-bond acceptors (Lipinski definition) is 1. The molecule has 0 N–H and O–H groups in total. The molecule has 0 aliphatic rings. The average molecular weight is 702 g/mol. The van der Waals surface area contributed by atoms with Crippen molar-refractivity contribution < 1.29 is 0 Å². The minimum Gasteiger partial charge on any atom is -0.309 e. The van der Waals surface area contributed by atoms with E-state index in [1.807, 2.05) is 0 Å². The molecule has 0 fully saturated rings. The highest BCUT2D eigenvalue weighted by Gasteiger charge is 2.23. The topological polar surface area (TPSA) is 13.1 Å². The molecule has 0 atom stereocenters. The van der Waals surface area contributed by atoms with Crippen molar-refractivity contribution in [3.8, 4) is 22.5 Å². The van der Waals surface area contributed by atoms with Crippen LogP contribution in [0.5, 0.6) is 0 Å². The van der Waals surface area contributed by atoms with Crippen molar-refractivity contribution in [2.24, 2.45) is 0 Å². The average Bonchev–Trinajstić information content (AvgIpc) is 3.78. The quantitative estimate of drug-likeness (QED) is 0.168. The minimum absolute atomic E-state index is 1.09. The molecule has 2 aromatic heterocycles. The molecule has 0 aliphatic carbocycles. The summed E-state index contributed by atoms with van der Waals surface area (Å²) in [6.45, 7) is 0. The molecule has 0 unspecified atom stereocenters. The maximum atomic E-state index is 2.44. The van der Waals surface area contributed by atoms with Gasteiger partial charge in [0.15, 0.2) is 0 Å². The van der Waals surface area contributed by atoms with E-state index in [0.29, 0.717) is 0 Å². The second-order valence-electron chi connectivity index (χ2n) is 14.2. The number of fused-ring (bicyclic) bond motifs is 7. The summed E-state index contributed by atoms with van der Waals surface area (Å²) >= 11 is 0. The van der Waals surface area contributed by atoms with E-state index in [2.05, 4.69) is 226 Å². The van der Waals surface area contributed by atoms with Crippen LogP contribution >= 0.6 is 0 Å². The normalized spacial score (nSPS) is 11.6. The molecule has 2 heterocycles. The fraction of sp³-hybridized carbons (Fsp3) is 0. The molecule has 258 valence electrons. The lowest BCUT2D eigenvalue weighted by molar-refractivity contribution is 1.16. The van der Waals surface area contributed by atoms with Crippen LogP contribution in [-0.2, 0) is 0 Å². The second kappa shape index (κ2) is 12.6. The SMILES string of the molecule is c1ccc(-c2ccc(-n3c4ccccc4c4cccc(N(c5ccccc5)c5ccc6c7ccccc7n(-c7ccc8ccccc8c7)c6c5)c43)cc2)cc1. The van der Waals surface area contributed by atoms with Crippen molar-refractivity contribution in [2.45, 2.75) is 0 Å². The van der Waals surface area contributed by atoms with Crippen molar-refractivity contribution in [3.63, 3.8) is 0 Å². The van der Waals surface area contributed by atoms with Gasteiger partial charge in [-0.05, 0) is 88.6 Å². The van der Waals surface area contributed by atoms with Crippen molar-refractivity contribution in [2.75, 3.05) is 4.90 Å². The zero-order chi connectivity index (χ0) is 36.3. The zero-order valence-corrected chi connectivity index (χ0v) is 30.0. The Morgan fingerprint density at radius 2 is 0.891 bits per heavy atom. The highest BCUT2D eigenvalue weighted by molar-refractivity contribution is 6.15. The molecule has 0 saturated heterocycles. The predicted octanol–water partition coefficient (Wildman–Crippen LogP) is 14.2. The number of anilines is 3. The molecule has 11 aromatic rings. The maximum absolute atomic E-state index is 2.44. The van der Waals surface area contributed by atoms with Crippen molar-refractivity contribution in [3.05, 3.63) is 212 Å². The van der Waals surface area contributed by atoms with Gasteiger partial charge in [0.05, 0.1) is 27.8 Å². The van der Waals surface area contributed by atoms with E-state index in [9.17, 15) is 0 Å². The van der Waals surface area contributed by atoms with Gasteiger partial charge in [0.2, 0.25) is 0 Å². The maximum Gasteiger partial charge on any atom is 0.0782 e. The van der Waals surface area contributed by atoms with E-state index < -0.39 is 0 Å². The zero-order valence-electron chi connectivity index (χ0n) is 30.0. The molecule has 0 aliphatic heterocycles. The summed E-state index contributed by atoms with van der Waals surface area (Å²) in [7, 11) is 0. The van der Waals surface area contributed by atoms with Crippen LogP contribution in [0.15, 0.2) is 212 Å². The number of aromatic nitrogens is 2. The lowest BCUT2D eigenvalue weighted by atomic mass is 10.1. The second-order valence-corrected chi connectivity index (χ2v) is 14.2. The Hall–Kier alpha value is -7.36. The van der Waals surface area contributed by atoms with Gasteiger partial charge in [-0.15, -0.1) is 0 Å². The number of nitrogens with zero attached hydrogens (tertiary/aromatic N) is 3. The standard InChI is InChI=1S/C52H35N3/c1-3-14-36(15-4-1)38-26-29-41(30-27-38)55-49-24-12-10-21-45(49)47-22-13-25-50(52(47)55)53(40-18-5-2-6-19-40)43-32-33-46-44-20-9-11-23-48(44)54(51(46)35-43)42-31-28-37-16-7-8-17-39(37)34-42/h1-35H. The summed E-state index contributed by atoms with van der Waals surface area (Å²) in [6.07, 6.45) is 0. The first-order valence-electron chi connectivity index (χ1n) is 18.9. The summed E-state index contributed by atoms with van der Waals surface area (Å²) < 4.78 is 4.87. The first-order valence-corrected chi connectivity index (χ1v) is 18.9. The van der Waals surface area contributed by atoms with Gasteiger partial charge in [-0.2, -0.15) is 0 Å². The monoisotopic (exact) mass is 701 g/mol. The molecule has 3 heteroatoms. The van der Waals surface area contributed by atoms with Gasteiger partial charge in [0.1, 0.15) is 0 Å². The van der Waals surface area contributed by atoms with Gasteiger partial charge in [-0.1, -0.05) is 146 Å². The molecule has 11 rings (SSSR count). The molecule has 0 radical (unpaired) electrons. The van der Waals surface area contributed by atoms with Gasteiger partial charge in [0, 0.05) is 44.3 Å². The number of rotatable bonds is 6. The summed E-state index contributed by atoms with van der Waals surface area (Å²) in [4.78, 5) is 2.43. The Balaban J connectivity index is 1.17. The summed E-state index contributed by atoms with van der Waals surface area (Å²) in [5.74, 6) is 0. The van der Waals surface area contributed by atoms with Crippen LogP contribution in [0.2, 0.25) is 0 Å². The van der Waals surface area contributed by atoms with Crippen LogP contribution in [0.3, 0.4) is 0 Å². The molecule has 3 nitrogen and oxygen atoms in total. The van der Waals surface area contributed by atoms with E-state index in [1.165, 1.54) is 60.0 Å². The lowest BCUT2D eigenvalue weighted by Gasteiger charge is -2.27. The van der Waals surface area contributed by atoms with Crippen LogP contribution in [0, 0.1) is 0 Å². The largest absolute Gasteiger partial charge is 0.309 e. The van der Waals surface area contributed by atoms with Crippen molar-refractivity contribution in [1.82, 2.24) is 9.13 Å². The van der Waals surface area contributed by atoms with Crippen LogP contribution < -0.4 is 4.90 Å². The number of para-hydroxylation sites is 4. The van der Waals surface area contributed by atoms with Crippen LogP contribution in [0.25, 0.3) is 76.9 Å². The minimum atomic E-state index is 1.09. The fourth-order valence-electron chi connectivity index (χ4n) is 8.58. The van der Waals surface area contributed by atoms with E-state index in [0.717, 1.165) is 34.0 Å². The molecule has 0 spiro atoms. The highest BCUT2D eigenvalue weighted by atomic mass is 15.2. The van der Waals surface area contributed by atoms with Crippen LogP contribution in [0.4, 0.5) is 17.1 Å². The molecule has 9 aromatic carbocycles. The Morgan fingerprint density at radius 1 is 0.309 bits per heavy atom. The van der Waals surface area contributed by atoms with Gasteiger partial charge in [-0.3, -0.25) is 0 Å². The predicted molar refractivity (Wildman–Crippen MR) is 233 cm³/mol. The highest BCUT2D eigenvalue weighted by Crippen LogP contribution is 2.45. The Bertz CT molecular complexity index is 3190. The van der Waals surface area contributed by atoms with Gasteiger partial charge in [-0.25, -0.2) is 0 Å². The van der Waals surface area contributed by atoms with Crippen molar-refractivity contribution in [1.29, 1.82) is 0 Å². The number of hydrogen-bond donors (Lipinski definition) is 0. The van der Waals surface area contributed by atoms with E-state index >= 15 is 0 Å². The van der Waals surface area contributed by atoms with Crippen LogP contribution in [-0.4, -0.2) is 9.13 Å². The molecular weight excluding hydrogens is 667 g/mol. The van der Waals surface area contributed by atoms with E-state index in [1.54, 1.807) is 0 Å². The first kappa shape index (κ1) is 31.2. The Morgan fingerprint density at radius 3 is 1.67 bits per heavy atom. The third kappa shape index (κ3) is 5.05. The molecule has 0 bridgehead atoms. The van der Waals surface area contributed by atoms with E-state index in [4.69, 9.17) is 0 Å². The molecule has 0 saturated carbocycles. The Labute approximate surface area is 319 Å². The smallest absolute Gasteiger partial charge is 0.0782 e. The third-order valence-electron chi connectivity index (χ3n) is 11.1. The van der Waals surface area contributed by atoms with E-state index in [-0.39, 0.29) is 0 Å².